The molecule has 0 atom stereocenters. The van der Waals surface area contributed by atoms with E-state index in [4.69, 9.17) is 0 Å². The highest BCUT2D eigenvalue weighted by Gasteiger charge is 2.23. The van der Waals surface area contributed by atoms with E-state index in [2.05, 4.69) is 21.2 Å². The number of hydrogen-bond donors (Lipinski definition) is 1. The van der Waals surface area contributed by atoms with Gasteiger partial charge in [0.05, 0.1) is 5.75 Å². The van der Waals surface area contributed by atoms with Crippen LogP contribution in [-0.2, 0) is 4.79 Å². The summed E-state index contributed by atoms with van der Waals surface area (Å²) in [7, 11) is 0. The van der Waals surface area contributed by atoms with Crippen molar-refractivity contribution in [2.45, 2.75) is 30.7 Å². The maximum absolute atomic E-state index is 11.6. The predicted molar refractivity (Wildman–Crippen MR) is 76.0 cm³/mol. The average Bonchev–Trinajstić information content (AvgIpc) is 3.11. The molecule has 0 saturated heterocycles. The van der Waals surface area contributed by atoms with Crippen LogP contribution < -0.4 is 5.32 Å². The molecule has 0 aromatic heterocycles. The fourth-order valence-corrected chi connectivity index (χ4v) is 2.80. The third-order valence-corrected chi connectivity index (χ3v) is 4.19. The molecule has 1 saturated carbocycles. The van der Waals surface area contributed by atoms with Gasteiger partial charge in [0.1, 0.15) is 0 Å². The summed E-state index contributed by atoms with van der Waals surface area (Å²) in [5, 5.41) is 2.93. The molecule has 1 fully saturated rings. The van der Waals surface area contributed by atoms with Crippen LogP contribution >= 0.6 is 27.7 Å². The Labute approximate surface area is 119 Å². The molecule has 1 aliphatic rings. The third-order valence-electron chi connectivity index (χ3n) is 2.62. The zero-order valence-corrected chi connectivity index (χ0v) is 12.4. The molecular weight excluding hydrogens is 314 g/mol. The van der Waals surface area contributed by atoms with Gasteiger partial charge in [-0.05, 0) is 38.0 Å². The number of carbonyl (C=O) groups is 2. The first kappa shape index (κ1) is 13.6. The molecule has 18 heavy (non-hydrogen) atoms. The Morgan fingerprint density at radius 1 is 1.44 bits per heavy atom. The SMILES string of the molecule is CC(=O)c1cc(Br)ccc1SCC(=O)NC1CC1. The summed E-state index contributed by atoms with van der Waals surface area (Å²) >= 11 is 4.75. The third kappa shape index (κ3) is 3.85. The number of Topliss-reactive ketones (excluding diaryl/α,β-unsaturated/α-hetero) is 1. The molecule has 1 aromatic carbocycles. The quantitative estimate of drug-likeness (QED) is 0.668. The van der Waals surface area contributed by atoms with Crippen LogP contribution in [0.1, 0.15) is 30.1 Å². The first-order chi connectivity index (χ1) is 8.56. The van der Waals surface area contributed by atoms with Gasteiger partial charge in [-0.2, -0.15) is 0 Å². The normalized spacial score (nSPS) is 14.3. The number of hydrogen-bond acceptors (Lipinski definition) is 3. The van der Waals surface area contributed by atoms with Crippen LogP contribution in [0.5, 0.6) is 0 Å². The van der Waals surface area contributed by atoms with E-state index in [0.717, 1.165) is 22.2 Å². The number of rotatable bonds is 5. The fraction of sp³-hybridized carbons (Fsp3) is 0.385. The van der Waals surface area contributed by atoms with Crippen molar-refractivity contribution in [2.75, 3.05) is 5.75 Å². The van der Waals surface area contributed by atoms with E-state index in [9.17, 15) is 9.59 Å². The topological polar surface area (TPSA) is 46.2 Å². The molecule has 0 aliphatic heterocycles. The lowest BCUT2D eigenvalue weighted by atomic mass is 10.1. The zero-order valence-electron chi connectivity index (χ0n) is 10.0. The van der Waals surface area contributed by atoms with Gasteiger partial charge in [-0.15, -0.1) is 11.8 Å². The number of amides is 1. The summed E-state index contributed by atoms with van der Waals surface area (Å²) in [6.45, 7) is 1.54. The lowest BCUT2D eigenvalue weighted by molar-refractivity contribution is -0.118. The van der Waals surface area contributed by atoms with Crippen LogP contribution in [0, 0.1) is 0 Å². The van der Waals surface area contributed by atoms with Crippen LogP contribution in [0.4, 0.5) is 0 Å². The van der Waals surface area contributed by atoms with Crippen LogP contribution in [0.2, 0.25) is 0 Å². The molecule has 96 valence electrons. The summed E-state index contributed by atoms with van der Waals surface area (Å²) in [6, 6.07) is 5.93. The van der Waals surface area contributed by atoms with Crippen molar-refractivity contribution >= 4 is 39.4 Å². The Morgan fingerprint density at radius 3 is 2.78 bits per heavy atom. The number of thioether (sulfide) groups is 1. The van der Waals surface area contributed by atoms with Crippen LogP contribution in [-0.4, -0.2) is 23.5 Å². The molecule has 3 nitrogen and oxygen atoms in total. The number of ketones is 1. The first-order valence-corrected chi connectivity index (χ1v) is 7.57. The van der Waals surface area contributed by atoms with Gasteiger partial charge >= 0.3 is 0 Å². The van der Waals surface area contributed by atoms with Gasteiger partial charge in [-0.1, -0.05) is 15.9 Å². The van der Waals surface area contributed by atoms with E-state index < -0.39 is 0 Å². The van der Waals surface area contributed by atoms with Gasteiger partial charge in [-0.25, -0.2) is 0 Å². The maximum Gasteiger partial charge on any atom is 0.230 e. The van der Waals surface area contributed by atoms with E-state index in [1.165, 1.54) is 18.7 Å². The second kappa shape index (κ2) is 5.89. The Bertz CT molecular complexity index is 486. The number of carbonyl (C=O) groups excluding carboxylic acids is 2. The molecule has 2 rings (SSSR count). The first-order valence-electron chi connectivity index (χ1n) is 5.79. The molecule has 0 bridgehead atoms. The fourth-order valence-electron chi connectivity index (χ4n) is 1.54. The molecule has 0 heterocycles. The van der Waals surface area contributed by atoms with Crippen molar-refractivity contribution < 1.29 is 9.59 Å². The minimum absolute atomic E-state index is 0.0152. The molecular formula is C13H14BrNO2S. The summed E-state index contributed by atoms with van der Waals surface area (Å²) in [4.78, 5) is 24.0. The summed E-state index contributed by atoms with van der Waals surface area (Å²) in [6.07, 6.45) is 2.18. The lowest BCUT2D eigenvalue weighted by Gasteiger charge is -2.07. The van der Waals surface area contributed by atoms with Gasteiger partial charge < -0.3 is 5.32 Å². The van der Waals surface area contributed by atoms with Crippen molar-refractivity contribution in [3.8, 4) is 0 Å². The number of benzene rings is 1. The lowest BCUT2D eigenvalue weighted by Crippen LogP contribution is -2.27. The van der Waals surface area contributed by atoms with Gasteiger partial charge in [0.25, 0.3) is 0 Å². The maximum atomic E-state index is 11.6. The molecule has 5 heteroatoms. The van der Waals surface area contributed by atoms with Crippen molar-refractivity contribution in [2.24, 2.45) is 0 Å². The molecule has 0 unspecified atom stereocenters. The second-order valence-corrected chi connectivity index (χ2v) is 6.26. The minimum atomic E-state index is 0.0152. The highest BCUT2D eigenvalue weighted by Crippen LogP contribution is 2.27. The van der Waals surface area contributed by atoms with E-state index in [-0.39, 0.29) is 11.7 Å². The van der Waals surface area contributed by atoms with E-state index in [0.29, 0.717) is 17.4 Å². The van der Waals surface area contributed by atoms with Crippen molar-refractivity contribution in [3.63, 3.8) is 0 Å². The second-order valence-electron chi connectivity index (χ2n) is 4.33. The Hall–Kier alpha value is -0.810. The Kier molecular flexibility index (Phi) is 4.45. The summed E-state index contributed by atoms with van der Waals surface area (Å²) in [5.74, 6) is 0.416. The largest absolute Gasteiger partial charge is 0.353 e. The minimum Gasteiger partial charge on any atom is -0.353 e. The molecule has 1 aliphatic carbocycles. The highest BCUT2D eigenvalue weighted by molar-refractivity contribution is 9.10. The number of halogens is 1. The molecule has 0 spiro atoms. The van der Waals surface area contributed by atoms with Crippen molar-refractivity contribution in [3.05, 3.63) is 28.2 Å². The highest BCUT2D eigenvalue weighted by atomic mass is 79.9. The Morgan fingerprint density at radius 2 is 2.17 bits per heavy atom. The number of nitrogens with one attached hydrogen (secondary N) is 1. The monoisotopic (exact) mass is 327 g/mol. The molecule has 1 aromatic rings. The van der Waals surface area contributed by atoms with E-state index in [1.54, 1.807) is 6.07 Å². The van der Waals surface area contributed by atoms with Crippen LogP contribution in [0.15, 0.2) is 27.6 Å². The van der Waals surface area contributed by atoms with E-state index >= 15 is 0 Å². The van der Waals surface area contributed by atoms with Crippen LogP contribution in [0.25, 0.3) is 0 Å². The zero-order chi connectivity index (χ0) is 13.1. The average molecular weight is 328 g/mol. The molecule has 1 N–H and O–H groups in total. The van der Waals surface area contributed by atoms with Gasteiger partial charge in [-0.3, -0.25) is 9.59 Å². The summed E-state index contributed by atoms with van der Waals surface area (Å²) < 4.78 is 0.875. The molecule has 0 radical (unpaired) electrons. The van der Waals surface area contributed by atoms with Crippen molar-refractivity contribution in [1.29, 1.82) is 0 Å². The summed E-state index contributed by atoms with van der Waals surface area (Å²) in [5.41, 5.74) is 0.661. The Balaban J connectivity index is 1.99. The van der Waals surface area contributed by atoms with Gasteiger partial charge in [0, 0.05) is 21.0 Å². The standard InChI is InChI=1S/C13H14BrNO2S/c1-8(16)11-6-9(14)2-5-12(11)18-7-13(17)15-10-3-4-10/h2,5-6,10H,3-4,7H2,1H3,(H,15,17). The van der Waals surface area contributed by atoms with Gasteiger partial charge in [0.15, 0.2) is 5.78 Å². The predicted octanol–water partition coefficient (Wildman–Crippen LogP) is 3.02. The van der Waals surface area contributed by atoms with Gasteiger partial charge in [0.2, 0.25) is 5.91 Å². The smallest absolute Gasteiger partial charge is 0.230 e. The van der Waals surface area contributed by atoms with Crippen molar-refractivity contribution in [1.82, 2.24) is 5.32 Å². The van der Waals surface area contributed by atoms with Crippen LogP contribution in [0.3, 0.4) is 0 Å². The van der Waals surface area contributed by atoms with E-state index in [1.807, 2.05) is 12.1 Å². The molecule has 1 amide bonds.